The molecule has 2 N–H and O–H groups in total. The quantitative estimate of drug-likeness (QED) is 0.761. The van der Waals surface area contributed by atoms with Crippen molar-refractivity contribution < 1.29 is 9.52 Å². The number of aliphatic hydroxyl groups is 1. The predicted octanol–water partition coefficient (Wildman–Crippen LogP) is 2.81. The molecule has 1 aliphatic heterocycles. The Labute approximate surface area is 144 Å². The molecule has 3 heterocycles. The Bertz CT molecular complexity index is 833. The van der Waals surface area contributed by atoms with Crippen molar-refractivity contribution in [1.29, 1.82) is 0 Å². The predicted molar refractivity (Wildman–Crippen MR) is 89.3 cm³/mol. The Morgan fingerprint density at radius 2 is 2.17 bits per heavy atom. The number of β-amino-alcohol motifs (C(OH)–C–C–N with tert-alkyl or cyclic N) is 1. The molecule has 0 spiro atoms. The first-order valence-electron chi connectivity index (χ1n) is 7.79. The number of aromatic nitrogens is 3. The molecular weight excluding hydrogens is 328 g/mol. The van der Waals surface area contributed by atoms with Crippen LogP contribution < -0.4 is 0 Å². The number of benzene rings is 1. The van der Waals surface area contributed by atoms with Crippen molar-refractivity contribution in [3.05, 3.63) is 59.1 Å². The molecule has 3 aromatic rings. The van der Waals surface area contributed by atoms with E-state index in [-0.39, 0.29) is 0 Å². The van der Waals surface area contributed by atoms with Crippen molar-refractivity contribution in [2.45, 2.75) is 18.6 Å². The molecule has 6 nitrogen and oxygen atoms in total. The lowest BCUT2D eigenvalue weighted by atomic mass is 10.0. The number of furan rings is 1. The van der Waals surface area contributed by atoms with E-state index in [0.717, 1.165) is 23.6 Å². The maximum atomic E-state index is 10.7. The van der Waals surface area contributed by atoms with Crippen molar-refractivity contribution in [2.24, 2.45) is 0 Å². The fraction of sp³-hybridized carbons (Fsp3) is 0.294. The van der Waals surface area contributed by atoms with Crippen LogP contribution in [0, 0.1) is 0 Å². The molecular formula is C17H17ClN4O2. The Morgan fingerprint density at radius 1 is 1.29 bits per heavy atom. The largest absolute Gasteiger partial charge is 0.460 e. The maximum Gasteiger partial charge on any atom is 0.135 e. The van der Waals surface area contributed by atoms with Gasteiger partial charge < -0.3 is 9.52 Å². The highest BCUT2D eigenvalue weighted by atomic mass is 35.5. The highest BCUT2D eigenvalue weighted by Crippen LogP contribution is 2.33. The molecule has 0 aliphatic carbocycles. The van der Waals surface area contributed by atoms with Crippen LogP contribution in [0.4, 0.5) is 0 Å². The van der Waals surface area contributed by atoms with E-state index in [4.69, 9.17) is 16.0 Å². The van der Waals surface area contributed by atoms with Crippen LogP contribution in [-0.2, 0) is 12.1 Å². The SMILES string of the molecule is O[C@]1(c2cn[nH]n2)CCN(Cc2ccc(-c3ccccc3Cl)o2)C1. The Kier molecular flexibility index (Phi) is 3.88. The summed E-state index contributed by atoms with van der Waals surface area (Å²) in [6.45, 7) is 1.90. The average molecular weight is 345 g/mol. The summed E-state index contributed by atoms with van der Waals surface area (Å²) in [5.74, 6) is 1.59. The van der Waals surface area contributed by atoms with Gasteiger partial charge >= 0.3 is 0 Å². The molecule has 0 radical (unpaired) electrons. The van der Waals surface area contributed by atoms with Crippen molar-refractivity contribution in [3.63, 3.8) is 0 Å². The number of rotatable bonds is 4. The summed E-state index contributed by atoms with van der Waals surface area (Å²) >= 11 is 6.21. The lowest BCUT2D eigenvalue weighted by Crippen LogP contribution is -2.30. The van der Waals surface area contributed by atoms with Gasteiger partial charge in [-0.2, -0.15) is 15.4 Å². The second kappa shape index (κ2) is 6.05. The summed E-state index contributed by atoms with van der Waals surface area (Å²) in [5, 5.41) is 21.7. The van der Waals surface area contributed by atoms with Gasteiger partial charge in [0.05, 0.1) is 17.8 Å². The smallest absolute Gasteiger partial charge is 0.135 e. The molecule has 1 fully saturated rings. The molecule has 4 rings (SSSR count). The summed E-state index contributed by atoms with van der Waals surface area (Å²) in [6, 6.07) is 11.5. The molecule has 1 saturated heterocycles. The number of hydrogen-bond donors (Lipinski definition) is 2. The van der Waals surface area contributed by atoms with E-state index >= 15 is 0 Å². The summed E-state index contributed by atoms with van der Waals surface area (Å²) in [7, 11) is 0. The van der Waals surface area contributed by atoms with Gasteiger partial charge in [-0.15, -0.1) is 0 Å². The third-order valence-electron chi connectivity index (χ3n) is 4.40. The minimum absolute atomic E-state index is 0.502. The summed E-state index contributed by atoms with van der Waals surface area (Å²) in [4.78, 5) is 2.14. The van der Waals surface area contributed by atoms with Crippen LogP contribution in [0.25, 0.3) is 11.3 Å². The minimum atomic E-state index is -0.953. The van der Waals surface area contributed by atoms with E-state index in [0.29, 0.717) is 30.2 Å². The Hall–Kier alpha value is -2.15. The lowest BCUT2D eigenvalue weighted by Gasteiger charge is -2.20. The van der Waals surface area contributed by atoms with Gasteiger partial charge in [0, 0.05) is 18.7 Å². The van der Waals surface area contributed by atoms with Crippen LogP contribution in [0.1, 0.15) is 17.9 Å². The second-order valence-corrected chi connectivity index (χ2v) is 6.50. The number of nitrogens with one attached hydrogen (secondary N) is 1. The molecule has 0 saturated carbocycles. The van der Waals surface area contributed by atoms with Crippen LogP contribution in [0.5, 0.6) is 0 Å². The van der Waals surface area contributed by atoms with E-state index in [1.807, 2.05) is 36.4 Å². The zero-order valence-corrected chi connectivity index (χ0v) is 13.7. The topological polar surface area (TPSA) is 78.2 Å². The van der Waals surface area contributed by atoms with Crippen molar-refractivity contribution in [1.82, 2.24) is 20.3 Å². The molecule has 2 aromatic heterocycles. The van der Waals surface area contributed by atoms with Gasteiger partial charge in [0.1, 0.15) is 22.8 Å². The molecule has 7 heteroatoms. The fourth-order valence-corrected chi connectivity index (χ4v) is 3.36. The van der Waals surface area contributed by atoms with Gasteiger partial charge in [-0.05, 0) is 30.7 Å². The normalized spacial score (nSPS) is 21.4. The molecule has 0 amide bonds. The molecule has 1 aromatic carbocycles. The number of aromatic amines is 1. The number of hydrogen-bond acceptors (Lipinski definition) is 5. The first-order chi connectivity index (χ1) is 11.6. The lowest BCUT2D eigenvalue weighted by molar-refractivity contribution is 0.0402. The molecule has 24 heavy (non-hydrogen) atoms. The first-order valence-corrected chi connectivity index (χ1v) is 8.16. The number of likely N-dealkylation sites (tertiary alicyclic amines) is 1. The summed E-state index contributed by atoms with van der Waals surface area (Å²) in [5.41, 5.74) is 0.512. The van der Waals surface area contributed by atoms with Crippen molar-refractivity contribution >= 4 is 11.6 Å². The average Bonchev–Trinajstić information content (AvgIpc) is 3.30. The van der Waals surface area contributed by atoms with Crippen LogP contribution in [0.2, 0.25) is 5.02 Å². The monoisotopic (exact) mass is 344 g/mol. The zero-order chi connectivity index (χ0) is 16.6. The third kappa shape index (κ3) is 2.84. The highest BCUT2D eigenvalue weighted by Gasteiger charge is 2.39. The Balaban J connectivity index is 1.47. The Morgan fingerprint density at radius 3 is 2.96 bits per heavy atom. The van der Waals surface area contributed by atoms with Crippen LogP contribution in [-0.4, -0.2) is 38.5 Å². The fourth-order valence-electron chi connectivity index (χ4n) is 3.13. The van der Waals surface area contributed by atoms with E-state index in [1.54, 1.807) is 6.20 Å². The molecule has 124 valence electrons. The molecule has 0 unspecified atom stereocenters. The number of nitrogens with zero attached hydrogens (tertiary/aromatic N) is 3. The van der Waals surface area contributed by atoms with Crippen LogP contribution in [0.15, 0.2) is 47.0 Å². The van der Waals surface area contributed by atoms with Gasteiger partial charge in [-0.25, -0.2) is 0 Å². The molecule has 1 aliphatic rings. The number of halogens is 1. The van der Waals surface area contributed by atoms with Crippen LogP contribution in [0.3, 0.4) is 0 Å². The van der Waals surface area contributed by atoms with E-state index < -0.39 is 5.60 Å². The highest BCUT2D eigenvalue weighted by molar-refractivity contribution is 6.33. The number of H-pyrrole nitrogens is 1. The molecule has 1 atom stereocenters. The molecule has 0 bridgehead atoms. The van der Waals surface area contributed by atoms with Gasteiger partial charge in [0.25, 0.3) is 0 Å². The van der Waals surface area contributed by atoms with E-state index in [2.05, 4.69) is 20.3 Å². The first kappa shape index (κ1) is 15.4. The van der Waals surface area contributed by atoms with Gasteiger partial charge in [0.15, 0.2) is 0 Å². The van der Waals surface area contributed by atoms with Crippen molar-refractivity contribution in [2.75, 3.05) is 13.1 Å². The summed E-state index contributed by atoms with van der Waals surface area (Å²) < 4.78 is 5.93. The van der Waals surface area contributed by atoms with E-state index in [1.165, 1.54) is 0 Å². The second-order valence-electron chi connectivity index (χ2n) is 6.09. The van der Waals surface area contributed by atoms with Crippen molar-refractivity contribution in [3.8, 4) is 11.3 Å². The van der Waals surface area contributed by atoms with E-state index in [9.17, 15) is 5.11 Å². The maximum absolute atomic E-state index is 10.7. The minimum Gasteiger partial charge on any atom is -0.460 e. The standard InChI is InChI=1S/C17H17ClN4O2/c18-14-4-2-1-3-13(14)15-6-5-12(24-15)10-22-8-7-17(23,11-22)16-9-19-21-20-16/h1-6,9,23H,7-8,10-11H2,(H,19,20,21)/t17-/m1/s1. The van der Waals surface area contributed by atoms with Gasteiger partial charge in [-0.1, -0.05) is 23.7 Å². The van der Waals surface area contributed by atoms with Crippen LogP contribution >= 0.6 is 11.6 Å². The zero-order valence-electron chi connectivity index (χ0n) is 12.9. The summed E-state index contributed by atoms with van der Waals surface area (Å²) in [6.07, 6.45) is 2.20. The van der Waals surface area contributed by atoms with Gasteiger partial charge in [0.2, 0.25) is 0 Å². The van der Waals surface area contributed by atoms with Gasteiger partial charge in [-0.3, -0.25) is 4.90 Å². The third-order valence-corrected chi connectivity index (χ3v) is 4.73.